The number of aliphatic carboxylic acids is 1. The van der Waals surface area contributed by atoms with Gasteiger partial charge in [-0.2, -0.15) is 0 Å². The molecule has 2 amide bonds. The van der Waals surface area contributed by atoms with Crippen molar-refractivity contribution < 1.29 is 70.9 Å². The maximum absolute atomic E-state index is 13.2. The first-order valence-corrected chi connectivity index (χ1v) is 21.0. The van der Waals surface area contributed by atoms with Gasteiger partial charge in [-0.1, -0.05) is 96.6 Å². The Morgan fingerprint density at radius 1 is 0.868 bits per heavy atom. The number of nitrogens with one attached hydrogen (secondary N) is 1. The predicted octanol–water partition coefficient (Wildman–Crippen LogP) is 2.11. The van der Waals surface area contributed by atoms with Crippen LogP contribution in [0.3, 0.4) is 0 Å². The minimum Gasteiger partial charge on any atom is -0.548 e. The second kappa shape index (κ2) is 18.8. The van der Waals surface area contributed by atoms with E-state index < -0.39 is 34.5 Å². The van der Waals surface area contributed by atoms with Gasteiger partial charge in [-0.3, -0.25) is 29.6 Å². The molecule has 0 aromatic heterocycles. The van der Waals surface area contributed by atoms with Crippen LogP contribution in [0.4, 0.5) is 0 Å². The zero-order chi connectivity index (χ0) is 38.0. The molecular weight excluding hydrogens is 712 g/mol. The fraction of sp³-hybridized carbons (Fsp3) is 0.780. The van der Waals surface area contributed by atoms with E-state index in [1.54, 1.807) is 18.7 Å². The van der Waals surface area contributed by atoms with E-state index in [4.69, 9.17) is 0 Å². The van der Waals surface area contributed by atoms with Crippen LogP contribution in [0.2, 0.25) is 0 Å². The van der Waals surface area contributed by atoms with Crippen LogP contribution in [0.5, 0.6) is 0 Å². The SMILES string of the molecule is CC1(C)S[C@@H]2[C@H](N3C(=O)[C@@H](c4ccccc4)NC3(C)C)C(=O)N2[C@H]1C(=O)[O-].CCCCC(CC)CN1CN2CN(CC(CC)CCCC)CC2(C)C1.[K+]. The number of carbonyl (C=O) groups excluding carboxylic acids is 3. The summed E-state index contributed by atoms with van der Waals surface area (Å²) in [5.41, 5.74) is 0.508. The fourth-order valence-corrected chi connectivity index (χ4v) is 11.1. The molecule has 5 heterocycles. The van der Waals surface area contributed by atoms with Crippen molar-refractivity contribution in [1.29, 1.82) is 0 Å². The number of unbranched alkanes of at least 4 members (excludes halogenated alkanes) is 2. The van der Waals surface area contributed by atoms with Crippen LogP contribution in [0.1, 0.15) is 125 Å². The van der Waals surface area contributed by atoms with E-state index >= 15 is 0 Å². The molecule has 0 bridgehead atoms. The molecule has 5 aliphatic rings. The predicted molar refractivity (Wildman–Crippen MR) is 208 cm³/mol. The van der Waals surface area contributed by atoms with Crippen LogP contribution in [0.15, 0.2) is 30.3 Å². The van der Waals surface area contributed by atoms with Crippen LogP contribution in [-0.2, 0) is 14.4 Å². The van der Waals surface area contributed by atoms with Crippen LogP contribution >= 0.6 is 11.8 Å². The molecule has 53 heavy (non-hydrogen) atoms. The first-order chi connectivity index (χ1) is 24.6. The van der Waals surface area contributed by atoms with Crippen molar-refractivity contribution in [2.45, 2.75) is 153 Å². The Labute approximate surface area is 367 Å². The molecule has 0 aliphatic carbocycles. The van der Waals surface area contributed by atoms with E-state index in [0.717, 1.165) is 17.4 Å². The number of carboxylic acid groups (broad SMARTS) is 1. The molecule has 2 unspecified atom stereocenters. The van der Waals surface area contributed by atoms with E-state index in [9.17, 15) is 19.5 Å². The average molecular weight is 779 g/mol. The molecule has 6 rings (SSSR count). The van der Waals surface area contributed by atoms with Crippen molar-refractivity contribution in [3.05, 3.63) is 35.9 Å². The zero-order valence-corrected chi connectivity index (χ0v) is 38.5. The van der Waals surface area contributed by atoms with Crippen LogP contribution in [0, 0.1) is 11.8 Å². The zero-order valence-electron chi connectivity index (χ0n) is 34.5. The Balaban J connectivity index is 0.000000233. The first kappa shape index (κ1) is 45.2. The Hall–Kier alpha value is -0.544. The van der Waals surface area contributed by atoms with Gasteiger partial charge in [-0.15, -0.1) is 11.8 Å². The third-order valence-electron chi connectivity index (χ3n) is 12.4. The van der Waals surface area contributed by atoms with Gasteiger partial charge in [-0.25, -0.2) is 0 Å². The van der Waals surface area contributed by atoms with Gasteiger partial charge in [0.25, 0.3) is 0 Å². The molecular formula is C41H67KN6O4S. The Morgan fingerprint density at radius 2 is 1.40 bits per heavy atom. The monoisotopic (exact) mass is 778 g/mol. The van der Waals surface area contributed by atoms with Gasteiger partial charge < -0.3 is 19.7 Å². The molecule has 12 heteroatoms. The normalized spacial score (nSPS) is 30.3. The third-order valence-corrected chi connectivity index (χ3v) is 13.9. The van der Waals surface area contributed by atoms with Gasteiger partial charge in [0.15, 0.2) is 0 Å². The van der Waals surface area contributed by atoms with Gasteiger partial charge in [0.2, 0.25) is 11.8 Å². The van der Waals surface area contributed by atoms with Crippen molar-refractivity contribution in [2.24, 2.45) is 11.8 Å². The molecule has 0 spiro atoms. The number of carbonyl (C=O) groups is 3. The van der Waals surface area contributed by atoms with Crippen LogP contribution in [-0.4, -0.2) is 115 Å². The van der Waals surface area contributed by atoms with Gasteiger partial charge in [0, 0.05) is 36.5 Å². The minimum absolute atomic E-state index is 0. The molecule has 0 radical (unpaired) electrons. The van der Waals surface area contributed by atoms with Crippen molar-refractivity contribution in [1.82, 2.24) is 29.8 Å². The van der Waals surface area contributed by atoms with Gasteiger partial charge >= 0.3 is 51.4 Å². The number of rotatable bonds is 15. The summed E-state index contributed by atoms with van der Waals surface area (Å²) in [7, 11) is 0. The van der Waals surface area contributed by atoms with Crippen molar-refractivity contribution in [3.63, 3.8) is 0 Å². The van der Waals surface area contributed by atoms with Crippen LogP contribution < -0.4 is 61.8 Å². The largest absolute Gasteiger partial charge is 1.00 e. The third kappa shape index (κ3) is 9.78. The van der Waals surface area contributed by atoms with Crippen molar-refractivity contribution in [3.8, 4) is 0 Å². The molecule has 5 saturated heterocycles. The first-order valence-electron chi connectivity index (χ1n) is 20.2. The van der Waals surface area contributed by atoms with E-state index in [2.05, 4.69) is 54.6 Å². The quantitative estimate of drug-likeness (QED) is 0.212. The van der Waals surface area contributed by atoms with Crippen molar-refractivity contribution in [2.75, 3.05) is 39.5 Å². The number of thioether (sulfide) groups is 1. The van der Waals surface area contributed by atoms with E-state index in [1.165, 1.54) is 108 Å². The number of β-lactam (4-membered cyclic amide) rings is 1. The number of benzene rings is 1. The number of hydrogen-bond acceptors (Lipinski definition) is 9. The number of amides is 2. The van der Waals surface area contributed by atoms with Crippen LogP contribution in [0.25, 0.3) is 0 Å². The van der Waals surface area contributed by atoms with Gasteiger partial charge in [0.1, 0.15) is 17.5 Å². The summed E-state index contributed by atoms with van der Waals surface area (Å²) in [6, 6.07) is 7.19. The molecule has 1 aromatic carbocycles. The average Bonchev–Trinajstić information content (AvgIpc) is 3.73. The van der Waals surface area contributed by atoms with Crippen molar-refractivity contribution >= 4 is 29.5 Å². The molecule has 10 nitrogen and oxygen atoms in total. The Morgan fingerprint density at radius 3 is 1.85 bits per heavy atom. The topological polar surface area (TPSA) is 102 Å². The summed E-state index contributed by atoms with van der Waals surface area (Å²) in [5, 5.41) is 14.5. The molecule has 1 N–H and O–H groups in total. The van der Waals surface area contributed by atoms with E-state index in [1.807, 2.05) is 44.2 Å². The summed E-state index contributed by atoms with van der Waals surface area (Å²) in [5.74, 6) is 0.0502. The maximum atomic E-state index is 13.2. The maximum Gasteiger partial charge on any atom is 1.00 e. The molecule has 6 atom stereocenters. The molecule has 5 aliphatic heterocycles. The number of fused-ring (bicyclic) bond motifs is 2. The number of nitrogens with zero attached hydrogens (tertiary/aromatic N) is 5. The minimum atomic E-state index is -1.26. The molecule has 0 saturated carbocycles. The van der Waals surface area contributed by atoms with E-state index in [0.29, 0.717) is 5.54 Å². The molecule has 292 valence electrons. The van der Waals surface area contributed by atoms with E-state index in [-0.39, 0.29) is 68.6 Å². The Bertz CT molecular complexity index is 1370. The fourth-order valence-electron chi connectivity index (χ4n) is 9.46. The number of hydrogen-bond donors (Lipinski definition) is 1. The molecule has 1 aromatic rings. The molecule has 5 fully saturated rings. The summed E-state index contributed by atoms with van der Waals surface area (Å²) >= 11 is 1.42. The number of carboxylic acids is 1. The Kier molecular flexibility index (Phi) is 16.0. The second-order valence-corrected chi connectivity index (χ2v) is 19.2. The summed E-state index contributed by atoms with van der Waals surface area (Å²) in [6.07, 6.45) is 11.0. The summed E-state index contributed by atoms with van der Waals surface area (Å²) in [6.45, 7) is 26.8. The van der Waals surface area contributed by atoms with Gasteiger partial charge in [-0.05, 0) is 64.9 Å². The summed E-state index contributed by atoms with van der Waals surface area (Å²) < 4.78 is -0.674. The summed E-state index contributed by atoms with van der Waals surface area (Å²) in [4.78, 5) is 48.9. The standard InChI is InChI=1S/C22H45N3.C19H23N3O4S.K/c1-6-10-12-20(8-3)14-23-16-22(5)17-24(19-25(22)18-23)15-21(9-4)13-11-7-2;1-18(2)13(17(25)26)21-15(24)12(16(21)27-18)22-14(23)11(20-19(22,3)4)10-8-6-5-7-9-10;/h20-21H,6-19H2,1-5H3;5-9,11-13,16,20H,1-4H3,(H,25,26);/q;;+1/p-1/t;11-,12-,13+,16-;/m.1./s1. The van der Waals surface area contributed by atoms with Gasteiger partial charge in [0.05, 0.1) is 31.0 Å². The second-order valence-electron chi connectivity index (χ2n) is 17.5. The smallest absolute Gasteiger partial charge is 0.548 e.